The smallest absolute Gasteiger partial charge is 0.335 e. The van der Waals surface area contributed by atoms with Crippen LogP contribution in [0.4, 0.5) is 0 Å². The van der Waals surface area contributed by atoms with Crippen molar-refractivity contribution < 1.29 is 9.90 Å². The molecule has 1 saturated heterocycles. The fraction of sp³-hybridized carbons (Fsp3) is 0.467. The second-order valence-corrected chi connectivity index (χ2v) is 10.4. The summed E-state index contributed by atoms with van der Waals surface area (Å²) in [6.45, 7) is 15.8. The van der Waals surface area contributed by atoms with Gasteiger partial charge in [-0.15, -0.1) is 0 Å². The monoisotopic (exact) mass is 503 g/mol. The summed E-state index contributed by atoms with van der Waals surface area (Å²) in [6.07, 6.45) is 7.26. The van der Waals surface area contributed by atoms with E-state index in [0.29, 0.717) is 5.57 Å². The highest BCUT2D eigenvalue weighted by molar-refractivity contribution is 5.88. The van der Waals surface area contributed by atoms with E-state index in [1.807, 2.05) is 24.5 Å². The average molecular weight is 504 g/mol. The predicted octanol–water partition coefficient (Wildman–Crippen LogP) is 4.10. The van der Waals surface area contributed by atoms with Crippen molar-refractivity contribution in [3.63, 3.8) is 0 Å². The molecule has 1 fully saturated rings. The molecule has 7 nitrogen and oxygen atoms in total. The SMILES string of the molecule is CCN(Cc1ccc(CN2CCN(C3C(C(=O)O)=CC=CN3C(C)C)CC2)cc1)Cc1cccnc1C. The van der Waals surface area contributed by atoms with E-state index in [0.717, 1.165) is 58.1 Å². The van der Waals surface area contributed by atoms with Crippen molar-refractivity contribution in [1.82, 2.24) is 24.6 Å². The molecule has 198 valence electrons. The first-order valence-corrected chi connectivity index (χ1v) is 13.4. The van der Waals surface area contributed by atoms with Crippen LogP contribution >= 0.6 is 0 Å². The topological polar surface area (TPSA) is 63.1 Å². The first-order valence-electron chi connectivity index (χ1n) is 13.4. The Labute approximate surface area is 221 Å². The van der Waals surface area contributed by atoms with Gasteiger partial charge in [0.1, 0.15) is 6.17 Å². The number of aromatic nitrogens is 1. The fourth-order valence-corrected chi connectivity index (χ4v) is 5.23. The van der Waals surface area contributed by atoms with Gasteiger partial charge in [0.05, 0.1) is 5.57 Å². The minimum atomic E-state index is -0.834. The summed E-state index contributed by atoms with van der Waals surface area (Å²) in [5, 5.41) is 9.79. The number of rotatable bonds is 10. The van der Waals surface area contributed by atoms with Crippen molar-refractivity contribution in [2.45, 2.75) is 59.5 Å². The Morgan fingerprint density at radius 3 is 2.41 bits per heavy atom. The third-order valence-electron chi connectivity index (χ3n) is 7.48. The molecule has 1 atom stereocenters. The van der Waals surface area contributed by atoms with Crippen LogP contribution in [0.2, 0.25) is 0 Å². The molecular weight excluding hydrogens is 462 g/mol. The van der Waals surface area contributed by atoms with Gasteiger partial charge in [-0.3, -0.25) is 19.7 Å². The van der Waals surface area contributed by atoms with Crippen LogP contribution in [0.25, 0.3) is 0 Å². The molecule has 2 aliphatic rings. The zero-order valence-corrected chi connectivity index (χ0v) is 22.7. The van der Waals surface area contributed by atoms with Crippen molar-refractivity contribution in [3.8, 4) is 0 Å². The third kappa shape index (κ3) is 6.86. The summed E-state index contributed by atoms with van der Waals surface area (Å²) >= 11 is 0. The molecule has 1 aromatic heterocycles. The number of pyridine rings is 1. The van der Waals surface area contributed by atoms with Crippen molar-refractivity contribution >= 4 is 5.97 Å². The number of benzene rings is 1. The van der Waals surface area contributed by atoms with Crippen LogP contribution in [0.1, 0.15) is 43.2 Å². The highest BCUT2D eigenvalue weighted by Crippen LogP contribution is 2.25. The second kappa shape index (κ2) is 12.5. The van der Waals surface area contributed by atoms with E-state index in [9.17, 15) is 9.90 Å². The second-order valence-electron chi connectivity index (χ2n) is 10.4. The normalized spacial score (nSPS) is 19.0. The van der Waals surface area contributed by atoms with Crippen LogP contribution in [0, 0.1) is 6.92 Å². The average Bonchev–Trinajstić information content (AvgIpc) is 2.90. The van der Waals surface area contributed by atoms with Gasteiger partial charge in [0.25, 0.3) is 0 Å². The zero-order valence-electron chi connectivity index (χ0n) is 22.7. The standard InChI is InChI=1S/C30H41N5O2/c1-5-32(22-27-8-6-14-31-24(27)4)20-25-10-12-26(13-11-25)21-33-16-18-34(19-17-33)29-28(30(36)37)9-7-15-35(29)23(2)3/h6-15,23,29H,5,16-22H2,1-4H3,(H,36,37). The Balaban J connectivity index is 1.31. The molecule has 0 saturated carbocycles. The number of carboxylic acids is 1. The van der Waals surface area contributed by atoms with E-state index < -0.39 is 5.97 Å². The Kier molecular flexibility index (Phi) is 9.14. The number of hydrogen-bond acceptors (Lipinski definition) is 6. The molecule has 1 aromatic carbocycles. The number of piperazine rings is 1. The molecule has 37 heavy (non-hydrogen) atoms. The molecular formula is C30H41N5O2. The van der Waals surface area contributed by atoms with Crippen LogP contribution in [-0.4, -0.2) is 80.6 Å². The summed E-state index contributed by atoms with van der Waals surface area (Å²) < 4.78 is 0. The summed E-state index contributed by atoms with van der Waals surface area (Å²) in [7, 11) is 0. The van der Waals surface area contributed by atoms with Gasteiger partial charge in [0.2, 0.25) is 0 Å². The van der Waals surface area contributed by atoms with E-state index in [2.05, 4.69) is 82.6 Å². The lowest BCUT2D eigenvalue weighted by Crippen LogP contribution is -2.57. The molecule has 0 aliphatic carbocycles. The highest BCUT2D eigenvalue weighted by Gasteiger charge is 2.35. The summed E-state index contributed by atoms with van der Waals surface area (Å²) in [5.74, 6) is -0.834. The van der Waals surface area contributed by atoms with Gasteiger partial charge in [0, 0.05) is 69.9 Å². The van der Waals surface area contributed by atoms with Crippen LogP contribution in [0.5, 0.6) is 0 Å². The van der Waals surface area contributed by atoms with E-state index in [4.69, 9.17) is 0 Å². The largest absolute Gasteiger partial charge is 0.478 e. The lowest BCUT2D eigenvalue weighted by atomic mass is 10.0. The van der Waals surface area contributed by atoms with Gasteiger partial charge in [-0.2, -0.15) is 0 Å². The first-order chi connectivity index (χ1) is 17.9. The molecule has 4 rings (SSSR count). The molecule has 7 heteroatoms. The lowest BCUT2D eigenvalue weighted by Gasteiger charge is -2.46. The lowest BCUT2D eigenvalue weighted by molar-refractivity contribution is -0.134. The maximum atomic E-state index is 11.9. The number of allylic oxidation sites excluding steroid dienone is 2. The quantitative estimate of drug-likeness (QED) is 0.524. The molecule has 2 aromatic rings. The molecule has 0 spiro atoms. The number of aliphatic carboxylic acids is 1. The zero-order chi connectivity index (χ0) is 26.4. The molecule has 0 bridgehead atoms. The van der Waals surface area contributed by atoms with Crippen molar-refractivity contribution in [2.75, 3.05) is 32.7 Å². The number of carboxylic acid groups (broad SMARTS) is 1. The Bertz CT molecular complexity index is 1100. The maximum Gasteiger partial charge on any atom is 0.335 e. The summed E-state index contributed by atoms with van der Waals surface area (Å²) in [6, 6.07) is 13.4. The first kappa shape index (κ1) is 27.0. The molecule has 3 heterocycles. The van der Waals surface area contributed by atoms with Crippen LogP contribution < -0.4 is 0 Å². The van der Waals surface area contributed by atoms with Gasteiger partial charge in [0.15, 0.2) is 0 Å². The molecule has 2 aliphatic heterocycles. The Hall–Kier alpha value is -3.00. The molecule has 0 amide bonds. The van der Waals surface area contributed by atoms with Crippen LogP contribution in [0.15, 0.2) is 66.5 Å². The van der Waals surface area contributed by atoms with Gasteiger partial charge in [-0.25, -0.2) is 4.79 Å². The van der Waals surface area contributed by atoms with E-state index in [1.54, 1.807) is 6.08 Å². The van der Waals surface area contributed by atoms with Crippen LogP contribution in [-0.2, 0) is 24.4 Å². The fourth-order valence-electron chi connectivity index (χ4n) is 5.23. The van der Waals surface area contributed by atoms with E-state index >= 15 is 0 Å². The minimum Gasteiger partial charge on any atom is -0.478 e. The van der Waals surface area contributed by atoms with Crippen molar-refractivity contribution in [2.24, 2.45) is 0 Å². The number of hydrogen-bond donors (Lipinski definition) is 1. The predicted molar refractivity (Wildman–Crippen MR) is 148 cm³/mol. The van der Waals surface area contributed by atoms with Crippen LogP contribution in [0.3, 0.4) is 0 Å². The molecule has 0 radical (unpaired) electrons. The Morgan fingerprint density at radius 1 is 1.08 bits per heavy atom. The number of carbonyl (C=O) groups is 1. The van der Waals surface area contributed by atoms with Gasteiger partial charge in [-0.05, 0) is 62.2 Å². The number of aryl methyl sites for hydroxylation is 1. The van der Waals surface area contributed by atoms with Gasteiger partial charge in [-0.1, -0.05) is 37.3 Å². The molecule has 1 N–H and O–H groups in total. The minimum absolute atomic E-state index is 0.208. The number of nitrogens with zero attached hydrogens (tertiary/aromatic N) is 5. The highest BCUT2D eigenvalue weighted by atomic mass is 16.4. The van der Waals surface area contributed by atoms with Crippen molar-refractivity contribution in [1.29, 1.82) is 0 Å². The van der Waals surface area contributed by atoms with Crippen molar-refractivity contribution in [3.05, 3.63) is 88.9 Å². The molecule has 1 unspecified atom stereocenters. The van der Waals surface area contributed by atoms with Gasteiger partial charge < -0.3 is 10.0 Å². The van der Waals surface area contributed by atoms with Gasteiger partial charge >= 0.3 is 5.97 Å². The van der Waals surface area contributed by atoms with E-state index in [1.165, 1.54) is 16.7 Å². The Morgan fingerprint density at radius 2 is 1.78 bits per heavy atom. The van der Waals surface area contributed by atoms with E-state index in [-0.39, 0.29) is 12.2 Å². The summed E-state index contributed by atoms with van der Waals surface area (Å²) in [5.41, 5.74) is 5.48. The maximum absolute atomic E-state index is 11.9. The summed E-state index contributed by atoms with van der Waals surface area (Å²) in [4.78, 5) is 25.7. The third-order valence-corrected chi connectivity index (χ3v) is 7.48.